The van der Waals surface area contributed by atoms with E-state index in [1.165, 1.54) is 16.8 Å². The highest BCUT2D eigenvalue weighted by Crippen LogP contribution is 2.20. The number of aromatic nitrogens is 5. The van der Waals surface area contributed by atoms with Crippen LogP contribution in [0.15, 0.2) is 21.9 Å². The number of imidazole rings is 1. The number of nitrogens with zero attached hydrogens (tertiary/aromatic N) is 4. The highest BCUT2D eigenvalue weighted by Gasteiger charge is 2.19. The molecule has 3 aromatic rings. The SMILES string of the molecule is CCCCn1c(=O)[nH]c(=O)c2c1nc(COC(=O)c1cnc(Cl)c(Cl)c1)n2CC. The van der Waals surface area contributed by atoms with Gasteiger partial charge in [-0.15, -0.1) is 0 Å². The quantitative estimate of drug-likeness (QED) is 0.447. The summed E-state index contributed by atoms with van der Waals surface area (Å²) in [5, 5.41) is 0.216. The van der Waals surface area contributed by atoms with Crippen molar-refractivity contribution in [1.82, 2.24) is 24.1 Å². The van der Waals surface area contributed by atoms with Gasteiger partial charge in [-0.25, -0.2) is 19.6 Å². The van der Waals surface area contributed by atoms with Gasteiger partial charge in [-0.05, 0) is 19.4 Å². The van der Waals surface area contributed by atoms with Gasteiger partial charge in [0.15, 0.2) is 11.2 Å². The number of esters is 1. The van der Waals surface area contributed by atoms with Crippen LogP contribution in [0.2, 0.25) is 10.2 Å². The van der Waals surface area contributed by atoms with Crippen LogP contribution in [0, 0.1) is 0 Å². The van der Waals surface area contributed by atoms with Crippen LogP contribution in [-0.4, -0.2) is 30.1 Å². The van der Waals surface area contributed by atoms with Gasteiger partial charge in [-0.3, -0.25) is 14.3 Å². The topological polar surface area (TPSA) is 112 Å². The predicted octanol–water partition coefficient (Wildman–Crippen LogP) is 2.77. The number of fused-ring (bicyclic) bond motifs is 1. The van der Waals surface area contributed by atoms with E-state index in [9.17, 15) is 14.4 Å². The number of aryl methyl sites for hydroxylation is 2. The zero-order chi connectivity index (χ0) is 21.1. The van der Waals surface area contributed by atoms with Gasteiger partial charge in [0.25, 0.3) is 5.56 Å². The zero-order valence-corrected chi connectivity index (χ0v) is 17.4. The van der Waals surface area contributed by atoms with Crippen molar-refractivity contribution in [1.29, 1.82) is 0 Å². The van der Waals surface area contributed by atoms with Crippen LogP contribution in [0.5, 0.6) is 0 Å². The Bertz CT molecular complexity index is 1180. The average Bonchev–Trinajstić information content (AvgIpc) is 3.07. The predicted molar refractivity (Wildman–Crippen MR) is 109 cm³/mol. The van der Waals surface area contributed by atoms with Crippen LogP contribution in [0.25, 0.3) is 11.2 Å². The molecular formula is C18H19Cl2N5O4. The van der Waals surface area contributed by atoms with Gasteiger partial charge in [0.05, 0.1) is 10.6 Å². The lowest BCUT2D eigenvalue weighted by Gasteiger charge is -2.07. The van der Waals surface area contributed by atoms with E-state index < -0.39 is 17.2 Å². The van der Waals surface area contributed by atoms with Gasteiger partial charge < -0.3 is 9.30 Å². The van der Waals surface area contributed by atoms with Crippen LogP contribution in [0.4, 0.5) is 0 Å². The summed E-state index contributed by atoms with van der Waals surface area (Å²) in [6.45, 7) is 4.48. The molecule has 0 unspecified atom stereocenters. The molecule has 0 saturated heterocycles. The normalized spacial score (nSPS) is 11.2. The lowest BCUT2D eigenvalue weighted by molar-refractivity contribution is 0.0458. The summed E-state index contributed by atoms with van der Waals surface area (Å²) in [5.41, 5.74) is -0.362. The third-order valence-corrected chi connectivity index (χ3v) is 5.07. The van der Waals surface area contributed by atoms with Crippen molar-refractivity contribution in [3.05, 3.63) is 54.7 Å². The van der Waals surface area contributed by atoms with Crippen LogP contribution >= 0.6 is 23.2 Å². The van der Waals surface area contributed by atoms with Gasteiger partial charge in [0, 0.05) is 19.3 Å². The molecule has 3 aromatic heterocycles. The molecule has 0 aliphatic heterocycles. The second-order valence-corrected chi connectivity index (χ2v) is 7.05. The Balaban J connectivity index is 1.95. The smallest absolute Gasteiger partial charge is 0.340 e. The minimum Gasteiger partial charge on any atom is -0.454 e. The van der Waals surface area contributed by atoms with Gasteiger partial charge in [-0.1, -0.05) is 36.5 Å². The first-order valence-corrected chi connectivity index (χ1v) is 9.83. The van der Waals surface area contributed by atoms with Crippen molar-refractivity contribution in [2.24, 2.45) is 0 Å². The van der Waals surface area contributed by atoms with Crippen LogP contribution in [0.3, 0.4) is 0 Å². The number of carbonyl (C=O) groups is 1. The van der Waals surface area contributed by atoms with Gasteiger partial charge in [0.1, 0.15) is 17.6 Å². The molecule has 0 aliphatic carbocycles. The monoisotopic (exact) mass is 439 g/mol. The Labute approximate surface area is 175 Å². The van der Waals surface area contributed by atoms with E-state index in [2.05, 4.69) is 15.0 Å². The molecule has 9 nitrogen and oxygen atoms in total. The van der Waals surface area contributed by atoms with Crippen molar-refractivity contribution in [3.63, 3.8) is 0 Å². The second kappa shape index (κ2) is 8.79. The average molecular weight is 440 g/mol. The molecule has 0 saturated carbocycles. The minimum absolute atomic E-state index is 0.0836. The van der Waals surface area contributed by atoms with E-state index in [1.807, 2.05) is 13.8 Å². The summed E-state index contributed by atoms with van der Waals surface area (Å²) in [6, 6.07) is 1.36. The summed E-state index contributed by atoms with van der Waals surface area (Å²) in [5.74, 6) is -0.312. The molecule has 0 radical (unpaired) electrons. The molecule has 0 aliphatic rings. The van der Waals surface area contributed by atoms with E-state index in [1.54, 1.807) is 4.57 Å². The number of hydrogen-bond donors (Lipinski definition) is 1. The molecular weight excluding hydrogens is 421 g/mol. The second-order valence-electron chi connectivity index (χ2n) is 6.28. The minimum atomic E-state index is -0.664. The summed E-state index contributed by atoms with van der Waals surface area (Å²) in [6.07, 6.45) is 2.89. The number of hydrogen-bond acceptors (Lipinski definition) is 6. The van der Waals surface area contributed by atoms with E-state index in [0.29, 0.717) is 18.9 Å². The lowest BCUT2D eigenvalue weighted by Crippen LogP contribution is -2.31. The molecule has 0 fully saturated rings. The summed E-state index contributed by atoms with van der Waals surface area (Å²) in [4.78, 5) is 47.5. The zero-order valence-electron chi connectivity index (χ0n) is 15.9. The molecule has 29 heavy (non-hydrogen) atoms. The fraction of sp³-hybridized carbons (Fsp3) is 0.389. The number of ether oxygens (including phenoxy) is 1. The van der Waals surface area contributed by atoms with E-state index in [-0.39, 0.29) is 33.5 Å². The number of nitrogens with one attached hydrogen (secondary N) is 1. The molecule has 154 valence electrons. The van der Waals surface area contributed by atoms with Crippen LogP contribution < -0.4 is 11.2 Å². The van der Waals surface area contributed by atoms with Gasteiger partial charge >= 0.3 is 11.7 Å². The standard InChI is InChI=1S/C18H19Cl2N5O4/c1-3-5-6-25-15-13(16(26)23-18(25)28)24(4-2)12(22-15)9-29-17(27)10-7-11(19)14(20)21-8-10/h7-8H,3-6,9H2,1-2H3,(H,23,26,28). The van der Waals surface area contributed by atoms with Gasteiger partial charge in [-0.2, -0.15) is 0 Å². The maximum atomic E-state index is 12.4. The number of pyridine rings is 1. The number of carbonyl (C=O) groups excluding carboxylic acids is 1. The third-order valence-electron chi connectivity index (χ3n) is 4.38. The Morgan fingerprint density at radius 2 is 2.00 bits per heavy atom. The fourth-order valence-corrected chi connectivity index (χ4v) is 3.21. The molecule has 3 heterocycles. The van der Waals surface area contributed by atoms with Crippen molar-refractivity contribution in [2.45, 2.75) is 46.4 Å². The van der Waals surface area contributed by atoms with Crippen molar-refractivity contribution in [3.8, 4) is 0 Å². The lowest BCUT2D eigenvalue weighted by atomic mass is 10.3. The Morgan fingerprint density at radius 3 is 2.66 bits per heavy atom. The largest absolute Gasteiger partial charge is 0.454 e. The Hall–Kier alpha value is -2.65. The highest BCUT2D eigenvalue weighted by molar-refractivity contribution is 6.41. The number of rotatable bonds is 7. The van der Waals surface area contributed by atoms with E-state index >= 15 is 0 Å². The van der Waals surface area contributed by atoms with E-state index in [4.69, 9.17) is 27.9 Å². The molecule has 0 spiro atoms. The van der Waals surface area contributed by atoms with Gasteiger partial charge in [0.2, 0.25) is 0 Å². The Morgan fingerprint density at radius 1 is 1.24 bits per heavy atom. The molecule has 3 rings (SSSR count). The summed E-state index contributed by atoms with van der Waals surface area (Å²) in [7, 11) is 0. The van der Waals surface area contributed by atoms with Crippen LogP contribution in [-0.2, 0) is 24.4 Å². The summed E-state index contributed by atoms with van der Waals surface area (Å²) >= 11 is 11.6. The maximum absolute atomic E-state index is 12.4. The molecule has 0 bridgehead atoms. The van der Waals surface area contributed by atoms with Crippen LogP contribution in [0.1, 0.15) is 42.9 Å². The third kappa shape index (κ3) is 4.20. The molecule has 1 N–H and O–H groups in total. The molecule has 11 heteroatoms. The maximum Gasteiger partial charge on any atom is 0.340 e. The number of unbranched alkanes of at least 4 members (excludes halogenated alkanes) is 1. The van der Waals surface area contributed by atoms with E-state index in [0.717, 1.165) is 12.8 Å². The number of halogens is 2. The molecule has 0 amide bonds. The highest BCUT2D eigenvalue weighted by atomic mass is 35.5. The first kappa shape index (κ1) is 21.1. The Kier molecular flexibility index (Phi) is 6.39. The van der Waals surface area contributed by atoms with Crippen molar-refractivity contribution in [2.75, 3.05) is 0 Å². The first-order valence-electron chi connectivity index (χ1n) is 9.07. The first-order chi connectivity index (χ1) is 13.9. The molecule has 0 aromatic carbocycles. The summed E-state index contributed by atoms with van der Waals surface area (Å²) < 4.78 is 8.36. The fourth-order valence-electron chi connectivity index (χ4n) is 2.94. The number of aromatic amines is 1. The van der Waals surface area contributed by atoms with Crippen molar-refractivity contribution < 1.29 is 9.53 Å². The number of H-pyrrole nitrogens is 1. The molecule has 0 atom stereocenters. The van der Waals surface area contributed by atoms with Crippen molar-refractivity contribution >= 4 is 40.3 Å².